The molecule has 0 aliphatic heterocycles. The lowest BCUT2D eigenvalue weighted by atomic mass is 9.86. The van der Waals surface area contributed by atoms with Gasteiger partial charge in [-0.1, -0.05) is 6.07 Å². The van der Waals surface area contributed by atoms with Crippen LogP contribution in [0.15, 0.2) is 17.5 Å². The van der Waals surface area contributed by atoms with E-state index in [1.165, 1.54) is 4.88 Å². The van der Waals surface area contributed by atoms with Crippen LogP contribution in [-0.4, -0.2) is 12.5 Å². The molecule has 1 aliphatic rings. The van der Waals surface area contributed by atoms with Crippen LogP contribution < -0.4 is 5.32 Å². The molecule has 1 nitrogen and oxygen atoms in total. The van der Waals surface area contributed by atoms with Gasteiger partial charge in [0.2, 0.25) is 5.92 Å². The first kappa shape index (κ1) is 13.0. The lowest BCUT2D eigenvalue weighted by molar-refractivity contribution is -0.0522. The molecule has 96 valence electrons. The Kier molecular flexibility index (Phi) is 4.15. The first-order chi connectivity index (χ1) is 8.07. The molecule has 0 bridgehead atoms. The average Bonchev–Trinajstić information content (AvgIpc) is 2.78. The van der Waals surface area contributed by atoms with Crippen molar-refractivity contribution >= 4 is 11.3 Å². The molecule has 1 saturated carbocycles. The average molecular weight is 259 g/mol. The maximum absolute atomic E-state index is 13.2. The Morgan fingerprint density at radius 2 is 2.41 bits per heavy atom. The Bertz CT molecular complexity index is 337. The van der Waals surface area contributed by atoms with Gasteiger partial charge in [0.25, 0.3) is 0 Å². The summed E-state index contributed by atoms with van der Waals surface area (Å²) in [6.45, 7) is 2.79. The van der Waals surface area contributed by atoms with Crippen LogP contribution in [0.3, 0.4) is 0 Å². The van der Waals surface area contributed by atoms with Crippen LogP contribution in [-0.2, 0) is 0 Å². The quantitative estimate of drug-likeness (QED) is 0.853. The number of nitrogens with one attached hydrogen (secondary N) is 1. The molecule has 1 N–H and O–H groups in total. The van der Waals surface area contributed by atoms with Gasteiger partial charge >= 0.3 is 0 Å². The lowest BCUT2D eigenvalue weighted by Gasteiger charge is -2.29. The van der Waals surface area contributed by atoms with Crippen LogP contribution >= 0.6 is 11.3 Å². The summed E-state index contributed by atoms with van der Waals surface area (Å²) in [5, 5.41) is 5.41. The van der Waals surface area contributed by atoms with Crippen LogP contribution in [0, 0.1) is 5.92 Å². The van der Waals surface area contributed by atoms with Gasteiger partial charge in [-0.05, 0) is 43.7 Å². The number of alkyl halides is 2. The van der Waals surface area contributed by atoms with E-state index in [0.717, 1.165) is 6.42 Å². The van der Waals surface area contributed by atoms with Crippen molar-refractivity contribution in [3.05, 3.63) is 22.4 Å². The minimum atomic E-state index is -2.43. The van der Waals surface area contributed by atoms with E-state index in [1.807, 2.05) is 11.4 Å². The van der Waals surface area contributed by atoms with Crippen LogP contribution in [0.25, 0.3) is 0 Å². The second kappa shape index (κ2) is 5.44. The van der Waals surface area contributed by atoms with E-state index >= 15 is 0 Å². The molecule has 1 aliphatic carbocycles. The number of halogens is 2. The Balaban J connectivity index is 1.78. The van der Waals surface area contributed by atoms with Gasteiger partial charge in [-0.15, -0.1) is 11.3 Å². The first-order valence-corrected chi connectivity index (χ1v) is 7.09. The second-order valence-electron chi connectivity index (χ2n) is 4.96. The van der Waals surface area contributed by atoms with Gasteiger partial charge in [-0.3, -0.25) is 0 Å². The molecule has 0 spiro atoms. The minimum absolute atomic E-state index is 0.0527. The van der Waals surface area contributed by atoms with Crippen molar-refractivity contribution in [1.29, 1.82) is 0 Å². The highest BCUT2D eigenvalue weighted by Crippen LogP contribution is 2.36. The molecule has 1 unspecified atom stereocenters. The molecule has 0 amide bonds. The third kappa shape index (κ3) is 3.75. The standard InChI is InChI=1S/C13H19F2NS/c1-10(12-5-3-7-17-12)16-9-11-4-2-6-13(14,15)8-11/h3,5,7,10-11,16H,2,4,6,8-9H2,1H3/t10-,11?/m1/s1. The van der Waals surface area contributed by atoms with Gasteiger partial charge < -0.3 is 5.32 Å². The van der Waals surface area contributed by atoms with Crippen LogP contribution in [0.1, 0.15) is 43.5 Å². The topological polar surface area (TPSA) is 12.0 Å². The zero-order valence-electron chi connectivity index (χ0n) is 10.1. The first-order valence-electron chi connectivity index (χ1n) is 6.21. The van der Waals surface area contributed by atoms with Gasteiger partial charge in [0, 0.05) is 23.8 Å². The fourth-order valence-electron chi connectivity index (χ4n) is 2.43. The van der Waals surface area contributed by atoms with Gasteiger partial charge in [0.1, 0.15) is 0 Å². The molecule has 1 aromatic heterocycles. The minimum Gasteiger partial charge on any atom is -0.309 e. The van der Waals surface area contributed by atoms with E-state index in [1.54, 1.807) is 11.3 Å². The Morgan fingerprint density at radius 3 is 3.06 bits per heavy atom. The van der Waals surface area contributed by atoms with Crippen molar-refractivity contribution < 1.29 is 8.78 Å². The molecule has 1 fully saturated rings. The van der Waals surface area contributed by atoms with E-state index in [0.29, 0.717) is 13.0 Å². The normalized spacial score (nSPS) is 25.7. The molecule has 2 atom stereocenters. The van der Waals surface area contributed by atoms with E-state index in [2.05, 4.69) is 18.3 Å². The lowest BCUT2D eigenvalue weighted by Crippen LogP contribution is -2.33. The highest BCUT2D eigenvalue weighted by Gasteiger charge is 2.35. The molecule has 0 aromatic carbocycles. The van der Waals surface area contributed by atoms with Gasteiger partial charge in [-0.25, -0.2) is 8.78 Å². The van der Waals surface area contributed by atoms with E-state index < -0.39 is 5.92 Å². The van der Waals surface area contributed by atoms with Gasteiger partial charge in [0.15, 0.2) is 0 Å². The van der Waals surface area contributed by atoms with E-state index in [4.69, 9.17) is 0 Å². The molecule has 1 aromatic rings. The highest BCUT2D eigenvalue weighted by atomic mass is 32.1. The van der Waals surface area contributed by atoms with Crippen molar-refractivity contribution in [3.63, 3.8) is 0 Å². The third-order valence-electron chi connectivity index (χ3n) is 3.42. The van der Waals surface area contributed by atoms with Crippen molar-refractivity contribution in [1.82, 2.24) is 5.32 Å². The third-order valence-corrected chi connectivity index (χ3v) is 4.48. The Labute approximate surface area is 105 Å². The SMILES string of the molecule is C[C@@H](NCC1CCCC(F)(F)C1)c1cccs1. The van der Waals surface area contributed by atoms with Crippen LogP contribution in [0.5, 0.6) is 0 Å². The molecule has 2 rings (SSSR count). The number of hydrogen-bond donors (Lipinski definition) is 1. The van der Waals surface area contributed by atoms with Crippen LogP contribution in [0.2, 0.25) is 0 Å². The maximum atomic E-state index is 13.2. The zero-order chi connectivity index (χ0) is 12.3. The van der Waals surface area contributed by atoms with Crippen molar-refractivity contribution in [2.45, 2.75) is 44.6 Å². The molecular weight excluding hydrogens is 240 g/mol. The van der Waals surface area contributed by atoms with Gasteiger partial charge in [-0.2, -0.15) is 0 Å². The second-order valence-corrected chi connectivity index (χ2v) is 5.94. The Morgan fingerprint density at radius 1 is 1.59 bits per heavy atom. The molecule has 0 saturated heterocycles. The van der Waals surface area contributed by atoms with Crippen molar-refractivity contribution in [2.75, 3.05) is 6.54 Å². The summed E-state index contributed by atoms with van der Waals surface area (Å²) in [6.07, 6.45) is 1.72. The van der Waals surface area contributed by atoms with E-state index in [9.17, 15) is 8.78 Å². The number of hydrogen-bond acceptors (Lipinski definition) is 2. The van der Waals surface area contributed by atoms with Gasteiger partial charge in [0.05, 0.1) is 0 Å². The molecule has 4 heteroatoms. The van der Waals surface area contributed by atoms with Crippen molar-refractivity contribution in [3.8, 4) is 0 Å². The summed E-state index contributed by atoms with van der Waals surface area (Å²) in [5.74, 6) is -2.31. The predicted molar refractivity (Wildman–Crippen MR) is 67.6 cm³/mol. The summed E-state index contributed by atoms with van der Waals surface area (Å²) in [4.78, 5) is 1.27. The zero-order valence-corrected chi connectivity index (χ0v) is 10.9. The summed E-state index contributed by atoms with van der Waals surface area (Å²) < 4.78 is 26.5. The monoisotopic (exact) mass is 259 g/mol. The molecule has 1 heterocycles. The molecule has 17 heavy (non-hydrogen) atoms. The largest absolute Gasteiger partial charge is 0.309 e. The molecule has 0 radical (unpaired) electrons. The number of thiophene rings is 1. The summed E-state index contributed by atoms with van der Waals surface area (Å²) >= 11 is 1.71. The summed E-state index contributed by atoms with van der Waals surface area (Å²) in [5.41, 5.74) is 0. The van der Waals surface area contributed by atoms with Crippen LogP contribution in [0.4, 0.5) is 8.78 Å². The summed E-state index contributed by atoms with van der Waals surface area (Å²) in [6, 6.07) is 4.37. The fraction of sp³-hybridized carbons (Fsp3) is 0.692. The predicted octanol–water partition coefficient (Wildman–Crippen LogP) is 4.22. The molecular formula is C13H19F2NS. The fourth-order valence-corrected chi connectivity index (χ4v) is 3.19. The summed E-state index contributed by atoms with van der Waals surface area (Å²) in [7, 11) is 0. The van der Waals surface area contributed by atoms with Crippen molar-refractivity contribution in [2.24, 2.45) is 5.92 Å². The van der Waals surface area contributed by atoms with E-state index in [-0.39, 0.29) is 24.8 Å². The highest BCUT2D eigenvalue weighted by molar-refractivity contribution is 7.10. The maximum Gasteiger partial charge on any atom is 0.248 e. The smallest absolute Gasteiger partial charge is 0.248 e. The Hall–Kier alpha value is -0.480. The number of rotatable bonds is 4.